The maximum absolute atomic E-state index is 12.2. The van der Waals surface area contributed by atoms with E-state index in [2.05, 4.69) is 10.3 Å². The Balaban J connectivity index is 1.47. The zero-order valence-electron chi connectivity index (χ0n) is 16.8. The summed E-state index contributed by atoms with van der Waals surface area (Å²) in [6, 6.07) is 17.4. The van der Waals surface area contributed by atoms with Crippen molar-refractivity contribution >= 4 is 34.3 Å². The summed E-state index contributed by atoms with van der Waals surface area (Å²) in [5.74, 6) is 1.90. The lowest BCUT2D eigenvalue weighted by atomic mass is 10.2. The molecule has 3 aromatic carbocycles. The molecule has 0 saturated heterocycles. The van der Waals surface area contributed by atoms with Gasteiger partial charge in [0.05, 0.1) is 14.2 Å². The third-order valence-corrected chi connectivity index (χ3v) is 4.74. The van der Waals surface area contributed by atoms with Crippen LogP contribution in [0.3, 0.4) is 0 Å². The van der Waals surface area contributed by atoms with E-state index in [4.69, 9.17) is 30.2 Å². The number of hydrogen-bond donors (Lipinski definition) is 1. The average Bonchev–Trinajstić information content (AvgIpc) is 3.21. The summed E-state index contributed by atoms with van der Waals surface area (Å²) < 4.78 is 21.9. The highest BCUT2D eigenvalue weighted by molar-refractivity contribution is 6.30. The Morgan fingerprint density at radius 2 is 1.77 bits per heavy atom. The van der Waals surface area contributed by atoms with Crippen LogP contribution in [0.2, 0.25) is 5.02 Å². The fourth-order valence-electron chi connectivity index (χ4n) is 2.97. The van der Waals surface area contributed by atoms with Crippen molar-refractivity contribution in [2.45, 2.75) is 0 Å². The number of rotatable bonds is 7. The zero-order chi connectivity index (χ0) is 21.8. The number of ether oxygens (including phenoxy) is 3. The number of carbonyl (C=O) groups excluding carboxylic acids is 1. The highest BCUT2D eigenvalue weighted by Gasteiger charge is 2.13. The van der Waals surface area contributed by atoms with Gasteiger partial charge in [-0.1, -0.05) is 11.6 Å². The average molecular weight is 439 g/mol. The molecule has 0 fully saturated rings. The number of amides is 1. The van der Waals surface area contributed by atoms with Crippen LogP contribution in [-0.4, -0.2) is 31.7 Å². The minimum Gasteiger partial charge on any atom is -0.493 e. The first kappa shape index (κ1) is 20.6. The minimum absolute atomic E-state index is 0.130. The molecule has 0 aliphatic heterocycles. The number of nitrogens with one attached hydrogen (secondary N) is 1. The third-order valence-electron chi connectivity index (χ3n) is 4.49. The summed E-state index contributed by atoms with van der Waals surface area (Å²) in [7, 11) is 3.15. The number of oxazole rings is 1. The van der Waals surface area contributed by atoms with Crippen LogP contribution in [0.4, 0.5) is 5.69 Å². The van der Waals surface area contributed by atoms with Crippen molar-refractivity contribution in [2.24, 2.45) is 0 Å². The zero-order valence-corrected chi connectivity index (χ0v) is 17.6. The van der Waals surface area contributed by atoms with Gasteiger partial charge >= 0.3 is 0 Å². The number of hydrogen-bond acceptors (Lipinski definition) is 6. The molecule has 0 radical (unpaired) electrons. The molecule has 7 nitrogen and oxygen atoms in total. The van der Waals surface area contributed by atoms with Gasteiger partial charge in [-0.25, -0.2) is 4.98 Å². The van der Waals surface area contributed by atoms with Crippen molar-refractivity contribution in [3.05, 3.63) is 65.7 Å². The largest absolute Gasteiger partial charge is 0.493 e. The lowest BCUT2D eigenvalue weighted by molar-refractivity contribution is -0.118. The summed E-state index contributed by atoms with van der Waals surface area (Å²) in [4.78, 5) is 16.7. The molecule has 158 valence electrons. The lowest BCUT2D eigenvalue weighted by Gasteiger charge is -2.07. The summed E-state index contributed by atoms with van der Waals surface area (Å²) in [5, 5.41) is 3.39. The second kappa shape index (κ2) is 8.97. The number of aromatic nitrogens is 1. The predicted octanol–water partition coefficient (Wildman–Crippen LogP) is 5.18. The van der Waals surface area contributed by atoms with Gasteiger partial charge in [0.2, 0.25) is 5.89 Å². The Hall–Kier alpha value is -3.71. The van der Waals surface area contributed by atoms with E-state index >= 15 is 0 Å². The van der Waals surface area contributed by atoms with E-state index in [1.165, 1.54) is 0 Å². The summed E-state index contributed by atoms with van der Waals surface area (Å²) in [6.07, 6.45) is 0. The summed E-state index contributed by atoms with van der Waals surface area (Å²) in [6.45, 7) is -0.130. The van der Waals surface area contributed by atoms with Crippen LogP contribution in [-0.2, 0) is 4.79 Å². The Kier molecular flexibility index (Phi) is 5.95. The van der Waals surface area contributed by atoms with E-state index in [9.17, 15) is 4.79 Å². The standard InChI is InChI=1S/C23H19ClN2O5/c1-28-20-9-3-14(11-21(20)29-2)23-26-18-12-16(6-10-19(18)31-23)25-22(27)13-30-17-7-4-15(24)5-8-17/h3-12H,13H2,1-2H3,(H,25,27). The van der Waals surface area contributed by atoms with Gasteiger partial charge in [-0.3, -0.25) is 4.79 Å². The number of anilines is 1. The van der Waals surface area contributed by atoms with Gasteiger partial charge in [0.15, 0.2) is 23.7 Å². The van der Waals surface area contributed by atoms with Gasteiger partial charge in [0.1, 0.15) is 11.3 Å². The Morgan fingerprint density at radius 3 is 2.52 bits per heavy atom. The molecule has 0 unspecified atom stereocenters. The van der Waals surface area contributed by atoms with Gasteiger partial charge in [0.25, 0.3) is 5.91 Å². The molecule has 8 heteroatoms. The van der Waals surface area contributed by atoms with E-state index in [1.54, 1.807) is 68.8 Å². The monoisotopic (exact) mass is 438 g/mol. The predicted molar refractivity (Wildman–Crippen MR) is 118 cm³/mol. The van der Waals surface area contributed by atoms with Crippen LogP contribution in [0, 0.1) is 0 Å². The molecule has 0 saturated carbocycles. The Bertz CT molecular complexity index is 1220. The van der Waals surface area contributed by atoms with Crippen LogP contribution in [0.25, 0.3) is 22.6 Å². The molecule has 0 atom stereocenters. The minimum atomic E-state index is -0.294. The number of methoxy groups -OCH3 is 2. The Labute approximate surface area is 183 Å². The van der Waals surface area contributed by atoms with Crippen molar-refractivity contribution in [2.75, 3.05) is 26.1 Å². The molecular formula is C23H19ClN2O5. The quantitative estimate of drug-likeness (QED) is 0.428. The maximum Gasteiger partial charge on any atom is 0.262 e. The Morgan fingerprint density at radius 1 is 1.00 bits per heavy atom. The molecule has 4 aromatic rings. The van der Waals surface area contributed by atoms with Crippen molar-refractivity contribution in [3.63, 3.8) is 0 Å². The molecular weight excluding hydrogens is 420 g/mol. The number of fused-ring (bicyclic) bond motifs is 1. The van der Waals surface area contributed by atoms with Gasteiger partial charge in [-0.15, -0.1) is 0 Å². The van der Waals surface area contributed by atoms with E-state index in [0.717, 1.165) is 5.56 Å². The topological polar surface area (TPSA) is 82.8 Å². The second-order valence-electron chi connectivity index (χ2n) is 6.56. The first-order chi connectivity index (χ1) is 15.1. The smallest absolute Gasteiger partial charge is 0.262 e. The van der Waals surface area contributed by atoms with Crippen molar-refractivity contribution in [3.8, 4) is 28.7 Å². The van der Waals surface area contributed by atoms with Crippen LogP contribution >= 0.6 is 11.6 Å². The van der Waals surface area contributed by atoms with E-state index < -0.39 is 0 Å². The molecule has 1 heterocycles. The van der Waals surface area contributed by atoms with Crippen molar-refractivity contribution in [1.29, 1.82) is 0 Å². The molecule has 0 spiro atoms. The van der Waals surface area contributed by atoms with Gasteiger partial charge in [-0.05, 0) is 60.7 Å². The second-order valence-corrected chi connectivity index (χ2v) is 7.00. The molecule has 4 rings (SSSR count). The van der Waals surface area contributed by atoms with Gasteiger partial charge in [-0.2, -0.15) is 0 Å². The molecule has 1 N–H and O–H groups in total. The summed E-state index contributed by atoms with van der Waals surface area (Å²) >= 11 is 5.84. The van der Waals surface area contributed by atoms with Crippen LogP contribution in [0.1, 0.15) is 0 Å². The first-order valence-corrected chi connectivity index (χ1v) is 9.75. The van der Waals surface area contributed by atoms with Crippen molar-refractivity contribution < 1.29 is 23.4 Å². The first-order valence-electron chi connectivity index (χ1n) is 9.37. The lowest BCUT2D eigenvalue weighted by Crippen LogP contribution is -2.20. The number of nitrogens with zero attached hydrogens (tertiary/aromatic N) is 1. The molecule has 0 aliphatic carbocycles. The van der Waals surface area contributed by atoms with E-state index in [-0.39, 0.29) is 12.5 Å². The third kappa shape index (κ3) is 4.73. The number of halogens is 1. The number of carbonyl (C=O) groups is 1. The van der Waals surface area contributed by atoms with Crippen LogP contribution in [0.15, 0.2) is 65.1 Å². The SMILES string of the molecule is COc1ccc(-c2nc3cc(NC(=O)COc4ccc(Cl)cc4)ccc3o2)cc1OC. The molecule has 0 bridgehead atoms. The fraction of sp³-hybridized carbons (Fsp3) is 0.130. The highest BCUT2D eigenvalue weighted by atomic mass is 35.5. The van der Waals surface area contributed by atoms with Crippen molar-refractivity contribution in [1.82, 2.24) is 4.98 Å². The molecule has 0 aliphatic rings. The maximum atomic E-state index is 12.2. The molecule has 1 amide bonds. The van der Waals surface area contributed by atoms with Crippen LogP contribution < -0.4 is 19.5 Å². The summed E-state index contributed by atoms with van der Waals surface area (Å²) in [5.41, 5.74) is 2.54. The fourth-order valence-corrected chi connectivity index (χ4v) is 3.10. The van der Waals surface area contributed by atoms with E-state index in [0.29, 0.717) is 44.9 Å². The van der Waals surface area contributed by atoms with Crippen LogP contribution in [0.5, 0.6) is 17.2 Å². The van der Waals surface area contributed by atoms with E-state index in [1.807, 2.05) is 6.07 Å². The molecule has 1 aromatic heterocycles. The highest BCUT2D eigenvalue weighted by Crippen LogP contribution is 2.33. The van der Waals surface area contributed by atoms with Gasteiger partial charge in [0, 0.05) is 16.3 Å². The molecule has 31 heavy (non-hydrogen) atoms. The normalized spacial score (nSPS) is 10.7. The number of benzene rings is 3. The van der Waals surface area contributed by atoms with Gasteiger partial charge < -0.3 is 23.9 Å².